The lowest BCUT2D eigenvalue weighted by atomic mass is 9.69. The van der Waals surface area contributed by atoms with Crippen LogP contribution in [0.1, 0.15) is 46.9 Å². The van der Waals surface area contributed by atoms with Crippen molar-refractivity contribution in [1.82, 2.24) is 0 Å². The normalized spacial score (nSPS) is 21.9. The molecule has 184 valence electrons. The van der Waals surface area contributed by atoms with Gasteiger partial charge in [0.15, 0.2) is 6.29 Å². The number of phenols is 1. The van der Waals surface area contributed by atoms with Crippen LogP contribution in [0.5, 0.6) is 5.75 Å². The van der Waals surface area contributed by atoms with E-state index in [9.17, 15) is 5.11 Å². The first-order chi connectivity index (χ1) is 17.2. The molecule has 0 amide bonds. The van der Waals surface area contributed by atoms with Crippen molar-refractivity contribution >= 4 is 5.69 Å². The van der Waals surface area contributed by atoms with Crippen LogP contribution in [-0.4, -0.2) is 51.4 Å². The number of ether oxygens (including phenoxy) is 3. The van der Waals surface area contributed by atoms with E-state index in [0.717, 1.165) is 32.4 Å². The topological polar surface area (TPSA) is 51.2 Å². The number of rotatable bonds is 8. The zero-order valence-corrected chi connectivity index (χ0v) is 20.6. The van der Waals surface area contributed by atoms with E-state index < -0.39 is 0 Å². The van der Waals surface area contributed by atoms with Crippen LogP contribution in [-0.2, 0) is 20.6 Å². The van der Waals surface area contributed by atoms with Gasteiger partial charge in [0, 0.05) is 38.9 Å². The van der Waals surface area contributed by atoms with Gasteiger partial charge >= 0.3 is 0 Å². The van der Waals surface area contributed by atoms with Crippen molar-refractivity contribution in [3.63, 3.8) is 0 Å². The van der Waals surface area contributed by atoms with Gasteiger partial charge in [0.05, 0.1) is 12.7 Å². The highest BCUT2D eigenvalue weighted by atomic mass is 16.7. The average Bonchev–Trinajstić information content (AvgIpc) is 3.38. The van der Waals surface area contributed by atoms with Gasteiger partial charge in [-0.3, -0.25) is 0 Å². The summed E-state index contributed by atoms with van der Waals surface area (Å²) in [5.74, 6) is 1.03. The molecule has 1 fully saturated rings. The minimum atomic E-state index is -0.318. The van der Waals surface area contributed by atoms with Crippen molar-refractivity contribution in [3.05, 3.63) is 95.1 Å². The van der Waals surface area contributed by atoms with Gasteiger partial charge in [-0.1, -0.05) is 48.5 Å². The lowest BCUT2D eigenvalue weighted by molar-refractivity contribution is -0.149. The monoisotopic (exact) mass is 473 g/mol. The molecule has 1 aliphatic heterocycles. The third kappa shape index (κ3) is 5.22. The Morgan fingerprint density at radius 3 is 2.43 bits per heavy atom. The first kappa shape index (κ1) is 23.9. The molecule has 0 spiro atoms. The largest absolute Gasteiger partial charge is 0.508 e. The van der Waals surface area contributed by atoms with Gasteiger partial charge in [0.1, 0.15) is 5.75 Å². The summed E-state index contributed by atoms with van der Waals surface area (Å²) < 4.78 is 16.5. The number of aryl methyl sites for hydroxylation is 1. The highest BCUT2D eigenvalue weighted by Gasteiger charge is 2.32. The van der Waals surface area contributed by atoms with Gasteiger partial charge in [0.2, 0.25) is 0 Å². The Balaban J connectivity index is 1.35. The van der Waals surface area contributed by atoms with Crippen LogP contribution in [0.2, 0.25) is 0 Å². The number of anilines is 1. The number of hydrogen-bond donors (Lipinski definition) is 1. The molecule has 0 saturated carbocycles. The second kappa shape index (κ2) is 10.8. The fourth-order valence-electron chi connectivity index (χ4n) is 5.72. The summed E-state index contributed by atoms with van der Waals surface area (Å²) in [7, 11) is 3.27. The minimum Gasteiger partial charge on any atom is -0.508 e. The predicted octanol–water partition coefficient (Wildman–Crippen LogP) is 5.47. The molecule has 1 aliphatic carbocycles. The van der Waals surface area contributed by atoms with Crippen molar-refractivity contribution < 1.29 is 19.3 Å². The average molecular weight is 474 g/mol. The Morgan fingerprint density at radius 1 is 0.914 bits per heavy atom. The number of benzene rings is 3. The van der Waals surface area contributed by atoms with E-state index in [4.69, 9.17) is 14.2 Å². The number of aromatic hydroxyl groups is 1. The number of nitrogens with zero attached hydrogens (tertiary/aromatic N) is 1. The lowest BCUT2D eigenvalue weighted by Gasteiger charge is -2.35. The summed E-state index contributed by atoms with van der Waals surface area (Å²) in [5, 5.41) is 10.1. The third-order valence-corrected chi connectivity index (χ3v) is 7.57. The fraction of sp³-hybridized carbons (Fsp3) is 0.400. The molecule has 3 aromatic carbocycles. The molecule has 2 unspecified atom stereocenters. The molecule has 1 saturated heterocycles. The second-order valence-corrected chi connectivity index (χ2v) is 9.60. The van der Waals surface area contributed by atoms with Gasteiger partial charge in [-0.05, 0) is 71.7 Å². The van der Waals surface area contributed by atoms with Crippen molar-refractivity contribution in [2.45, 2.75) is 43.5 Å². The highest BCUT2D eigenvalue weighted by Crippen LogP contribution is 2.47. The van der Waals surface area contributed by atoms with Gasteiger partial charge < -0.3 is 24.2 Å². The zero-order valence-electron chi connectivity index (χ0n) is 20.6. The van der Waals surface area contributed by atoms with Gasteiger partial charge in [-0.2, -0.15) is 0 Å². The fourth-order valence-corrected chi connectivity index (χ4v) is 5.72. The van der Waals surface area contributed by atoms with Crippen LogP contribution >= 0.6 is 0 Å². The second-order valence-electron chi connectivity index (χ2n) is 9.60. The Labute approximate surface area is 208 Å². The summed E-state index contributed by atoms with van der Waals surface area (Å²) >= 11 is 0. The summed E-state index contributed by atoms with van der Waals surface area (Å²) in [5.41, 5.74) is 6.52. The molecule has 5 heteroatoms. The quantitative estimate of drug-likeness (QED) is 0.440. The molecule has 1 heterocycles. The van der Waals surface area contributed by atoms with Crippen molar-refractivity contribution in [1.29, 1.82) is 0 Å². The molecule has 2 aliphatic rings. The first-order valence-electron chi connectivity index (χ1n) is 12.5. The summed E-state index contributed by atoms with van der Waals surface area (Å²) in [6.45, 7) is 2.30. The first-order valence-corrected chi connectivity index (χ1v) is 12.5. The van der Waals surface area contributed by atoms with Gasteiger partial charge in [-0.15, -0.1) is 0 Å². The Bertz CT molecular complexity index is 1100. The molecule has 3 aromatic rings. The zero-order chi connectivity index (χ0) is 24.2. The van der Waals surface area contributed by atoms with Crippen LogP contribution in [0.4, 0.5) is 5.69 Å². The molecule has 5 nitrogen and oxygen atoms in total. The summed E-state index contributed by atoms with van der Waals surface area (Å²) in [6, 6.07) is 25.8. The third-order valence-electron chi connectivity index (χ3n) is 7.57. The van der Waals surface area contributed by atoms with E-state index in [1.54, 1.807) is 14.2 Å². The van der Waals surface area contributed by atoms with Crippen LogP contribution in [0.25, 0.3) is 0 Å². The smallest absolute Gasteiger partial charge is 0.180 e. The molecule has 3 atom stereocenters. The predicted molar refractivity (Wildman–Crippen MR) is 138 cm³/mol. The van der Waals surface area contributed by atoms with E-state index in [1.807, 2.05) is 12.1 Å². The van der Waals surface area contributed by atoms with E-state index in [-0.39, 0.29) is 18.3 Å². The molecule has 0 radical (unpaired) electrons. The van der Waals surface area contributed by atoms with E-state index >= 15 is 0 Å². The Hall–Kier alpha value is -2.86. The molecule has 0 bridgehead atoms. The Morgan fingerprint density at radius 2 is 1.69 bits per heavy atom. The molecule has 35 heavy (non-hydrogen) atoms. The Kier molecular flexibility index (Phi) is 7.37. The van der Waals surface area contributed by atoms with Gasteiger partial charge in [-0.25, -0.2) is 0 Å². The molecular formula is C30H35NO4. The van der Waals surface area contributed by atoms with Crippen LogP contribution in [0.15, 0.2) is 72.8 Å². The number of phenolic OH excluding ortho intramolecular Hbond substituents is 1. The SMILES string of the molecule is COC(CO[C@H]1CCN(c2ccc(C3c4ccc(O)cc4CCC3c3ccccc3)cc2)C1)OC. The van der Waals surface area contributed by atoms with E-state index in [0.29, 0.717) is 18.3 Å². The van der Waals surface area contributed by atoms with Crippen molar-refractivity contribution in [2.24, 2.45) is 0 Å². The minimum absolute atomic E-state index is 0.183. The van der Waals surface area contributed by atoms with Crippen LogP contribution in [0, 0.1) is 0 Å². The van der Waals surface area contributed by atoms with Gasteiger partial charge in [0.25, 0.3) is 0 Å². The molecule has 0 aromatic heterocycles. The standard InChI is InChI=1S/C30H35NO4/c1-33-29(34-2)20-35-26-16-17-31(19-26)24-11-8-22(9-12-24)30-27(21-6-4-3-5-7-21)14-10-23-18-25(32)13-15-28(23)30/h3-9,11-13,15,18,26-27,29-30,32H,10,14,16-17,19-20H2,1-2H3/t26-,27?,30?/m0/s1. The van der Waals surface area contributed by atoms with Crippen molar-refractivity contribution in [3.8, 4) is 5.75 Å². The lowest BCUT2D eigenvalue weighted by Crippen LogP contribution is -2.27. The summed E-state index contributed by atoms with van der Waals surface area (Å²) in [4.78, 5) is 2.39. The maximum absolute atomic E-state index is 10.1. The maximum Gasteiger partial charge on any atom is 0.180 e. The van der Waals surface area contributed by atoms with E-state index in [1.165, 1.54) is 27.9 Å². The molecule has 5 rings (SSSR count). The van der Waals surface area contributed by atoms with Crippen LogP contribution in [0.3, 0.4) is 0 Å². The molecular weight excluding hydrogens is 438 g/mol. The number of hydrogen-bond acceptors (Lipinski definition) is 5. The van der Waals surface area contributed by atoms with Crippen molar-refractivity contribution in [2.75, 3.05) is 38.8 Å². The molecule has 1 N–H and O–H groups in total. The number of fused-ring (bicyclic) bond motifs is 1. The highest BCUT2D eigenvalue weighted by molar-refractivity contribution is 5.53. The van der Waals surface area contributed by atoms with E-state index in [2.05, 4.69) is 65.6 Å². The van der Waals surface area contributed by atoms with Crippen LogP contribution < -0.4 is 4.90 Å². The summed E-state index contributed by atoms with van der Waals surface area (Å²) in [6.07, 6.45) is 2.92. The maximum atomic E-state index is 10.1. The number of methoxy groups -OCH3 is 2.